The maximum Gasteiger partial charge on any atom is 0.243 e. The molecule has 0 aliphatic carbocycles. The molecular formula is C17H29IN4OS. The Morgan fingerprint density at radius 3 is 2.75 bits per heavy atom. The van der Waals surface area contributed by atoms with E-state index in [2.05, 4.69) is 39.3 Å². The van der Waals surface area contributed by atoms with Gasteiger partial charge in [-0.05, 0) is 30.7 Å². The van der Waals surface area contributed by atoms with Crippen LogP contribution >= 0.6 is 35.3 Å². The SMILES string of the molecule is C=CCCCN(C)C(=NCC(=O)N(C)C)NCCc1cccs1.I. The molecule has 0 atom stereocenters. The van der Waals surface area contributed by atoms with E-state index in [4.69, 9.17) is 0 Å². The van der Waals surface area contributed by atoms with Crippen LogP contribution < -0.4 is 5.32 Å². The molecule has 0 aliphatic heterocycles. The summed E-state index contributed by atoms with van der Waals surface area (Å²) in [5.41, 5.74) is 0. The second-order valence-corrected chi connectivity index (χ2v) is 6.57. The number of nitrogens with zero attached hydrogens (tertiary/aromatic N) is 3. The zero-order valence-electron chi connectivity index (χ0n) is 14.8. The van der Waals surface area contributed by atoms with Gasteiger partial charge in [-0.15, -0.1) is 41.9 Å². The van der Waals surface area contributed by atoms with Crippen LogP contribution in [0.5, 0.6) is 0 Å². The van der Waals surface area contributed by atoms with Crippen LogP contribution in [0.15, 0.2) is 35.2 Å². The van der Waals surface area contributed by atoms with Crippen molar-refractivity contribution in [2.75, 3.05) is 40.8 Å². The molecule has 1 rings (SSSR count). The topological polar surface area (TPSA) is 47.9 Å². The number of allylic oxidation sites excluding steroid dienone is 1. The van der Waals surface area contributed by atoms with Gasteiger partial charge in [0, 0.05) is 39.1 Å². The van der Waals surface area contributed by atoms with Crippen LogP contribution in [0.1, 0.15) is 17.7 Å². The number of carbonyl (C=O) groups is 1. The monoisotopic (exact) mass is 464 g/mol. The number of unbranched alkanes of at least 4 members (excludes halogenated alkanes) is 1. The lowest BCUT2D eigenvalue weighted by Gasteiger charge is -2.22. The Hall–Kier alpha value is -1.09. The van der Waals surface area contributed by atoms with Gasteiger partial charge < -0.3 is 15.1 Å². The first-order valence-electron chi connectivity index (χ1n) is 7.87. The first kappa shape index (κ1) is 22.9. The number of carbonyl (C=O) groups excluding carboxylic acids is 1. The highest BCUT2D eigenvalue weighted by atomic mass is 127. The maximum atomic E-state index is 11.8. The Balaban J connectivity index is 0.00000529. The van der Waals surface area contributed by atoms with Crippen molar-refractivity contribution in [1.29, 1.82) is 0 Å². The quantitative estimate of drug-likeness (QED) is 0.201. The van der Waals surface area contributed by atoms with E-state index < -0.39 is 0 Å². The molecule has 1 N–H and O–H groups in total. The largest absolute Gasteiger partial charge is 0.356 e. The fraction of sp³-hybridized carbons (Fsp3) is 0.529. The molecule has 0 spiro atoms. The van der Waals surface area contributed by atoms with Crippen molar-refractivity contribution < 1.29 is 4.79 Å². The van der Waals surface area contributed by atoms with Gasteiger partial charge in [0.25, 0.3) is 0 Å². The lowest BCUT2D eigenvalue weighted by molar-refractivity contribution is -0.127. The molecule has 0 saturated heterocycles. The summed E-state index contributed by atoms with van der Waals surface area (Å²) in [7, 11) is 5.49. The van der Waals surface area contributed by atoms with Crippen LogP contribution in [-0.4, -0.2) is 62.4 Å². The lowest BCUT2D eigenvalue weighted by Crippen LogP contribution is -2.41. The molecular weight excluding hydrogens is 435 g/mol. The Labute approximate surface area is 166 Å². The fourth-order valence-corrected chi connectivity index (χ4v) is 2.64. The predicted octanol–water partition coefficient (Wildman–Crippen LogP) is 2.84. The molecule has 5 nitrogen and oxygen atoms in total. The van der Waals surface area contributed by atoms with Crippen LogP contribution in [0, 0.1) is 0 Å². The van der Waals surface area contributed by atoms with Gasteiger partial charge in [-0.2, -0.15) is 0 Å². The molecule has 136 valence electrons. The molecule has 7 heteroatoms. The number of nitrogens with one attached hydrogen (secondary N) is 1. The standard InChI is InChI=1S/C17H28N4OS.HI/c1-5-6-7-12-21(4)17(19-14-16(22)20(2)3)18-11-10-15-9-8-13-23-15;/h5,8-9,13H,1,6-7,10-12,14H2,2-4H3,(H,18,19);1H. The van der Waals surface area contributed by atoms with E-state index in [1.54, 1.807) is 30.3 Å². The number of guanidine groups is 1. The average Bonchev–Trinajstić information content (AvgIpc) is 3.03. The first-order chi connectivity index (χ1) is 11.0. The number of amides is 1. The number of likely N-dealkylation sites (N-methyl/N-ethyl adjacent to an activating group) is 1. The van der Waals surface area contributed by atoms with Crippen molar-refractivity contribution in [3.63, 3.8) is 0 Å². The van der Waals surface area contributed by atoms with E-state index in [9.17, 15) is 4.79 Å². The summed E-state index contributed by atoms with van der Waals surface area (Å²) in [5, 5.41) is 5.45. The zero-order chi connectivity index (χ0) is 17.1. The average molecular weight is 464 g/mol. The summed E-state index contributed by atoms with van der Waals surface area (Å²) in [6.07, 6.45) is 4.87. The molecule has 0 radical (unpaired) electrons. The van der Waals surface area contributed by atoms with Crippen LogP contribution in [-0.2, 0) is 11.2 Å². The Morgan fingerprint density at radius 1 is 1.42 bits per heavy atom. The highest BCUT2D eigenvalue weighted by molar-refractivity contribution is 14.0. The highest BCUT2D eigenvalue weighted by Crippen LogP contribution is 2.08. The second-order valence-electron chi connectivity index (χ2n) is 5.54. The van der Waals surface area contributed by atoms with Crippen molar-refractivity contribution in [1.82, 2.24) is 15.1 Å². The minimum absolute atomic E-state index is 0. The van der Waals surface area contributed by atoms with E-state index in [0.717, 1.165) is 38.3 Å². The Morgan fingerprint density at radius 2 is 2.17 bits per heavy atom. The molecule has 0 bridgehead atoms. The second kappa shape index (κ2) is 13.2. The fourth-order valence-electron chi connectivity index (χ4n) is 1.93. The minimum atomic E-state index is 0. The summed E-state index contributed by atoms with van der Waals surface area (Å²) in [5.74, 6) is 0.780. The van der Waals surface area contributed by atoms with Gasteiger partial charge in [-0.1, -0.05) is 12.1 Å². The zero-order valence-corrected chi connectivity index (χ0v) is 18.0. The number of hydrogen-bond acceptors (Lipinski definition) is 3. The van der Waals surface area contributed by atoms with Crippen LogP contribution in [0.4, 0.5) is 0 Å². The summed E-state index contributed by atoms with van der Waals surface area (Å²) < 4.78 is 0. The molecule has 1 aromatic heterocycles. The van der Waals surface area contributed by atoms with Gasteiger partial charge in [0.2, 0.25) is 5.91 Å². The van der Waals surface area contributed by atoms with Crippen molar-refractivity contribution >= 4 is 47.2 Å². The van der Waals surface area contributed by atoms with Crippen molar-refractivity contribution in [3.8, 4) is 0 Å². The number of aliphatic imine (C=N–C) groups is 1. The molecule has 1 aromatic rings. The minimum Gasteiger partial charge on any atom is -0.356 e. The molecule has 0 aliphatic rings. The number of rotatable bonds is 9. The van der Waals surface area contributed by atoms with Gasteiger partial charge >= 0.3 is 0 Å². The van der Waals surface area contributed by atoms with E-state index in [0.29, 0.717) is 0 Å². The molecule has 0 fully saturated rings. The normalized spacial score (nSPS) is 10.7. The van der Waals surface area contributed by atoms with Crippen LogP contribution in [0.2, 0.25) is 0 Å². The first-order valence-corrected chi connectivity index (χ1v) is 8.75. The van der Waals surface area contributed by atoms with E-state index >= 15 is 0 Å². The Bertz CT molecular complexity index is 503. The van der Waals surface area contributed by atoms with E-state index in [-0.39, 0.29) is 36.4 Å². The third-order valence-corrected chi connectivity index (χ3v) is 4.30. The predicted molar refractivity (Wildman–Crippen MR) is 114 cm³/mol. The van der Waals surface area contributed by atoms with Gasteiger partial charge in [-0.3, -0.25) is 4.79 Å². The van der Waals surface area contributed by atoms with Crippen molar-refractivity contribution in [2.24, 2.45) is 4.99 Å². The third-order valence-electron chi connectivity index (χ3n) is 3.36. The molecule has 0 saturated carbocycles. The molecule has 0 aromatic carbocycles. The summed E-state index contributed by atoms with van der Waals surface area (Å²) in [6, 6.07) is 4.19. The van der Waals surface area contributed by atoms with Crippen molar-refractivity contribution in [3.05, 3.63) is 35.0 Å². The maximum absolute atomic E-state index is 11.8. The molecule has 1 amide bonds. The van der Waals surface area contributed by atoms with E-state index in [1.165, 1.54) is 4.88 Å². The lowest BCUT2D eigenvalue weighted by atomic mass is 10.3. The summed E-state index contributed by atoms with van der Waals surface area (Å²) in [6.45, 7) is 5.60. The van der Waals surface area contributed by atoms with Gasteiger partial charge in [0.15, 0.2) is 5.96 Å². The number of hydrogen-bond donors (Lipinski definition) is 1. The van der Waals surface area contributed by atoms with E-state index in [1.807, 2.05) is 13.1 Å². The van der Waals surface area contributed by atoms with Gasteiger partial charge in [-0.25, -0.2) is 4.99 Å². The highest BCUT2D eigenvalue weighted by Gasteiger charge is 2.08. The van der Waals surface area contributed by atoms with Crippen molar-refractivity contribution in [2.45, 2.75) is 19.3 Å². The molecule has 0 unspecified atom stereocenters. The summed E-state index contributed by atoms with van der Waals surface area (Å²) >= 11 is 1.76. The summed E-state index contributed by atoms with van der Waals surface area (Å²) in [4.78, 5) is 21.2. The molecule has 24 heavy (non-hydrogen) atoms. The van der Waals surface area contributed by atoms with Gasteiger partial charge in [0.05, 0.1) is 0 Å². The van der Waals surface area contributed by atoms with Crippen LogP contribution in [0.25, 0.3) is 0 Å². The van der Waals surface area contributed by atoms with Crippen LogP contribution in [0.3, 0.4) is 0 Å². The number of thiophene rings is 1. The molecule has 1 heterocycles. The Kier molecular flexibility index (Phi) is 12.6. The third kappa shape index (κ3) is 9.27. The van der Waals surface area contributed by atoms with Gasteiger partial charge in [0.1, 0.15) is 6.54 Å². The number of halogens is 1. The smallest absolute Gasteiger partial charge is 0.243 e.